The molecule has 4 rings (SSSR count). The molecule has 164 valence electrons. The monoisotopic (exact) mass is 491 g/mol. The van der Waals surface area contributed by atoms with Gasteiger partial charge < -0.3 is 19.9 Å². The zero-order valence-electron chi connectivity index (χ0n) is 18.1. The van der Waals surface area contributed by atoms with E-state index in [1.165, 1.54) is 0 Å². The lowest BCUT2D eigenvalue weighted by atomic mass is 9.94. The largest absolute Gasteiger partial charge is 0.493 e. The summed E-state index contributed by atoms with van der Waals surface area (Å²) in [4.78, 5) is 0. The molecular formula is C27H26BrNO3. The fourth-order valence-corrected chi connectivity index (χ4v) is 4.13. The molecule has 0 amide bonds. The Labute approximate surface area is 196 Å². The Morgan fingerprint density at radius 2 is 1.47 bits per heavy atom. The maximum Gasteiger partial charge on any atom is 0.161 e. The molecular weight excluding hydrogens is 466 g/mol. The van der Waals surface area contributed by atoms with E-state index in [0.29, 0.717) is 17.9 Å². The summed E-state index contributed by atoms with van der Waals surface area (Å²) in [5, 5.41) is 17.0. The molecule has 0 aromatic heterocycles. The van der Waals surface area contributed by atoms with Gasteiger partial charge >= 0.3 is 0 Å². The molecule has 0 saturated heterocycles. The average molecular weight is 492 g/mol. The van der Waals surface area contributed by atoms with E-state index in [4.69, 9.17) is 9.47 Å². The van der Waals surface area contributed by atoms with Gasteiger partial charge in [0.2, 0.25) is 0 Å². The highest BCUT2D eigenvalue weighted by atomic mass is 79.9. The summed E-state index contributed by atoms with van der Waals surface area (Å²) in [5.41, 5.74) is 2.87. The fraction of sp³-hybridized carbons (Fsp3) is 0.185. The first kappa shape index (κ1) is 22.2. The van der Waals surface area contributed by atoms with Crippen LogP contribution in [0.25, 0.3) is 10.8 Å². The molecule has 0 heterocycles. The summed E-state index contributed by atoms with van der Waals surface area (Å²) < 4.78 is 11.9. The molecule has 0 spiro atoms. The van der Waals surface area contributed by atoms with E-state index in [0.717, 1.165) is 32.1 Å². The highest BCUT2D eigenvalue weighted by Gasteiger charge is 2.20. The van der Waals surface area contributed by atoms with Gasteiger partial charge in [0.1, 0.15) is 0 Å². The van der Waals surface area contributed by atoms with Crippen LogP contribution >= 0.6 is 15.9 Å². The van der Waals surface area contributed by atoms with Gasteiger partial charge in [0.15, 0.2) is 11.5 Å². The standard InChI is InChI=1S/C27H26BrNO3/c1-31-26-14-9-20(16-27(26)32-2)24(29-23-12-10-22(28)11-13-23)17-25(30)21-8-7-18-5-3-4-6-19(18)15-21/h3-16,24-25,29-30H,17H2,1-2H3. The molecule has 2 unspecified atom stereocenters. The molecule has 2 N–H and O–H groups in total. The molecule has 0 saturated carbocycles. The summed E-state index contributed by atoms with van der Waals surface area (Å²) in [6, 6.07) is 28.0. The number of hydrogen-bond donors (Lipinski definition) is 2. The third kappa shape index (κ3) is 5.06. The summed E-state index contributed by atoms with van der Waals surface area (Å²) in [7, 11) is 3.25. The number of benzene rings is 4. The molecule has 32 heavy (non-hydrogen) atoms. The molecule has 4 aromatic rings. The molecule has 5 heteroatoms. The number of halogens is 1. The molecule has 0 aliphatic heterocycles. The van der Waals surface area contributed by atoms with Crippen molar-refractivity contribution in [2.75, 3.05) is 19.5 Å². The molecule has 0 aliphatic carbocycles. The zero-order valence-corrected chi connectivity index (χ0v) is 19.7. The second-order valence-corrected chi connectivity index (χ2v) is 8.59. The maximum atomic E-state index is 11.2. The number of nitrogens with one attached hydrogen (secondary N) is 1. The number of aliphatic hydroxyl groups is 1. The smallest absolute Gasteiger partial charge is 0.161 e. The van der Waals surface area contributed by atoms with Gasteiger partial charge in [-0.1, -0.05) is 58.4 Å². The predicted molar refractivity (Wildman–Crippen MR) is 134 cm³/mol. The molecule has 0 aliphatic rings. The normalized spacial score (nSPS) is 12.9. The third-order valence-corrected chi connectivity index (χ3v) is 6.14. The highest BCUT2D eigenvalue weighted by molar-refractivity contribution is 9.10. The van der Waals surface area contributed by atoms with Crippen molar-refractivity contribution >= 4 is 32.4 Å². The van der Waals surface area contributed by atoms with E-state index in [-0.39, 0.29) is 6.04 Å². The van der Waals surface area contributed by atoms with Crippen LogP contribution in [-0.4, -0.2) is 19.3 Å². The lowest BCUT2D eigenvalue weighted by Crippen LogP contribution is -2.15. The Kier molecular flexibility index (Phi) is 6.98. The van der Waals surface area contributed by atoms with Gasteiger partial charge in [-0.2, -0.15) is 0 Å². The van der Waals surface area contributed by atoms with Crippen LogP contribution in [-0.2, 0) is 0 Å². The van der Waals surface area contributed by atoms with Gasteiger partial charge in [0.25, 0.3) is 0 Å². The van der Waals surface area contributed by atoms with Crippen molar-refractivity contribution < 1.29 is 14.6 Å². The third-order valence-electron chi connectivity index (χ3n) is 5.61. The molecule has 2 atom stereocenters. The average Bonchev–Trinajstić information content (AvgIpc) is 2.84. The van der Waals surface area contributed by atoms with Crippen molar-refractivity contribution in [3.63, 3.8) is 0 Å². The number of hydrogen-bond acceptors (Lipinski definition) is 4. The first-order valence-electron chi connectivity index (χ1n) is 10.5. The molecule has 4 aromatic carbocycles. The lowest BCUT2D eigenvalue weighted by Gasteiger charge is -2.24. The van der Waals surface area contributed by atoms with E-state index < -0.39 is 6.10 Å². The Balaban J connectivity index is 1.65. The summed E-state index contributed by atoms with van der Waals surface area (Å²) in [6.07, 6.45) is -0.148. The Morgan fingerprint density at radius 1 is 0.781 bits per heavy atom. The molecule has 0 fully saturated rings. The van der Waals surface area contributed by atoms with Crippen LogP contribution in [0.4, 0.5) is 5.69 Å². The van der Waals surface area contributed by atoms with Crippen molar-refractivity contribution in [2.24, 2.45) is 0 Å². The van der Waals surface area contributed by atoms with Crippen LogP contribution < -0.4 is 14.8 Å². The van der Waals surface area contributed by atoms with Gasteiger partial charge in [-0.15, -0.1) is 0 Å². The topological polar surface area (TPSA) is 50.7 Å². The van der Waals surface area contributed by atoms with E-state index in [2.05, 4.69) is 45.5 Å². The first-order chi connectivity index (χ1) is 15.6. The van der Waals surface area contributed by atoms with Crippen molar-refractivity contribution in [2.45, 2.75) is 18.6 Å². The highest BCUT2D eigenvalue weighted by Crippen LogP contribution is 2.35. The van der Waals surface area contributed by atoms with Crippen LogP contribution in [0, 0.1) is 0 Å². The number of aliphatic hydroxyl groups excluding tert-OH is 1. The zero-order chi connectivity index (χ0) is 22.5. The van der Waals surface area contributed by atoms with E-state index in [9.17, 15) is 5.11 Å². The van der Waals surface area contributed by atoms with Crippen LogP contribution in [0.5, 0.6) is 11.5 Å². The summed E-state index contributed by atoms with van der Waals surface area (Å²) in [6.45, 7) is 0. The Hall–Kier alpha value is -3.02. The summed E-state index contributed by atoms with van der Waals surface area (Å²) >= 11 is 3.48. The van der Waals surface area contributed by atoms with Gasteiger partial charge in [-0.25, -0.2) is 0 Å². The minimum Gasteiger partial charge on any atom is -0.493 e. The lowest BCUT2D eigenvalue weighted by molar-refractivity contribution is 0.161. The second-order valence-electron chi connectivity index (χ2n) is 7.68. The SMILES string of the molecule is COc1ccc(C(CC(O)c2ccc3ccccc3c2)Nc2ccc(Br)cc2)cc1OC. The van der Waals surface area contributed by atoms with Crippen LogP contribution in [0.1, 0.15) is 29.7 Å². The summed E-state index contributed by atoms with van der Waals surface area (Å²) in [5.74, 6) is 1.33. The van der Waals surface area contributed by atoms with E-state index >= 15 is 0 Å². The first-order valence-corrected chi connectivity index (χ1v) is 11.3. The van der Waals surface area contributed by atoms with Crippen molar-refractivity contribution in [3.8, 4) is 11.5 Å². The van der Waals surface area contributed by atoms with Crippen LogP contribution in [0.3, 0.4) is 0 Å². The number of anilines is 1. The van der Waals surface area contributed by atoms with Crippen molar-refractivity contribution in [3.05, 3.63) is 101 Å². The van der Waals surface area contributed by atoms with Crippen LogP contribution in [0.15, 0.2) is 89.4 Å². The molecule has 0 radical (unpaired) electrons. The maximum absolute atomic E-state index is 11.2. The Morgan fingerprint density at radius 3 is 2.19 bits per heavy atom. The van der Waals surface area contributed by atoms with Crippen LogP contribution in [0.2, 0.25) is 0 Å². The number of methoxy groups -OCH3 is 2. The van der Waals surface area contributed by atoms with Gasteiger partial charge in [0.05, 0.1) is 26.4 Å². The number of fused-ring (bicyclic) bond motifs is 1. The molecule has 4 nitrogen and oxygen atoms in total. The van der Waals surface area contributed by atoms with Crippen molar-refractivity contribution in [1.82, 2.24) is 0 Å². The fourth-order valence-electron chi connectivity index (χ4n) is 3.87. The van der Waals surface area contributed by atoms with E-state index in [1.807, 2.05) is 60.7 Å². The van der Waals surface area contributed by atoms with Gasteiger partial charge in [-0.3, -0.25) is 0 Å². The van der Waals surface area contributed by atoms with E-state index in [1.54, 1.807) is 14.2 Å². The minimum absolute atomic E-state index is 0.141. The van der Waals surface area contributed by atoms with Gasteiger partial charge in [0, 0.05) is 16.6 Å². The molecule has 0 bridgehead atoms. The number of rotatable bonds is 8. The Bertz CT molecular complexity index is 1190. The second kappa shape index (κ2) is 10.1. The predicted octanol–water partition coefficient (Wildman–Crippen LogP) is 6.90. The number of ether oxygens (including phenoxy) is 2. The van der Waals surface area contributed by atoms with Crippen molar-refractivity contribution in [1.29, 1.82) is 0 Å². The minimum atomic E-state index is -0.638. The quantitative estimate of drug-likeness (QED) is 0.281. The van der Waals surface area contributed by atoms with Gasteiger partial charge in [-0.05, 0) is 64.4 Å².